The number of nitrogens with zero attached hydrogens (tertiary/aromatic N) is 2. The highest BCUT2D eigenvalue weighted by atomic mass is 16.6. The van der Waals surface area contributed by atoms with Crippen molar-refractivity contribution < 1.29 is 14.3 Å². The molecule has 0 spiro atoms. The molecule has 6 heteroatoms. The van der Waals surface area contributed by atoms with Gasteiger partial charge >= 0.3 is 0 Å². The number of amides is 1. The molecular weight excluding hydrogens is 354 g/mol. The molecule has 0 aliphatic carbocycles. The van der Waals surface area contributed by atoms with E-state index in [9.17, 15) is 4.79 Å². The van der Waals surface area contributed by atoms with E-state index < -0.39 is 0 Å². The zero-order valence-corrected chi connectivity index (χ0v) is 16.3. The van der Waals surface area contributed by atoms with Gasteiger partial charge in [0.2, 0.25) is 5.91 Å². The van der Waals surface area contributed by atoms with Gasteiger partial charge in [-0.1, -0.05) is 24.3 Å². The minimum Gasteiger partial charge on any atom is -0.486 e. The van der Waals surface area contributed by atoms with E-state index in [0.717, 1.165) is 55.3 Å². The number of piperazine rings is 1. The number of ether oxygens (including phenoxy) is 2. The van der Waals surface area contributed by atoms with Crippen molar-refractivity contribution in [1.29, 1.82) is 0 Å². The molecule has 1 unspecified atom stereocenters. The predicted molar refractivity (Wildman–Crippen MR) is 109 cm³/mol. The van der Waals surface area contributed by atoms with Crippen molar-refractivity contribution in [3.05, 3.63) is 53.6 Å². The number of benzene rings is 2. The fourth-order valence-electron chi connectivity index (χ4n) is 4.10. The highest BCUT2D eigenvalue weighted by Gasteiger charge is 2.26. The quantitative estimate of drug-likeness (QED) is 0.861. The summed E-state index contributed by atoms with van der Waals surface area (Å²) in [5, 5.41) is 0. The van der Waals surface area contributed by atoms with Gasteiger partial charge in [-0.2, -0.15) is 0 Å². The van der Waals surface area contributed by atoms with E-state index in [2.05, 4.69) is 22.8 Å². The van der Waals surface area contributed by atoms with Crippen molar-refractivity contribution in [3.8, 4) is 11.5 Å². The van der Waals surface area contributed by atoms with E-state index in [1.54, 1.807) is 0 Å². The molecule has 2 N–H and O–H groups in total. The Morgan fingerprint density at radius 2 is 1.79 bits per heavy atom. The maximum absolute atomic E-state index is 11.7. The van der Waals surface area contributed by atoms with Crippen LogP contribution in [0.1, 0.15) is 22.8 Å². The van der Waals surface area contributed by atoms with Gasteiger partial charge in [0.1, 0.15) is 13.2 Å². The summed E-state index contributed by atoms with van der Waals surface area (Å²) in [7, 11) is 0. The molecule has 1 amide bonds. The van der Waals surface area contributed by atoms with Gasteiger partial charge in [-0.3, -0.25) is 9.69 Å². The summed E-state index contributed by atoms with van der Waals surface area (Å²) in [6.07, 6.45) is 0.816. The number of rotatable bonds is 5. The van der Waals surface area contributed by atoms with E-state index in [1.807, 2.05) is 36.4 Å². The Labute approximate surface area is 165 Å². The van der Waals surface area contributed by atoms with Crippen molar-refractivity contribution in [1.82, 2.24) is 4.90 Å². The topological polar surface area (TPSA) is 68.0 Å². The Bertz CT molecular complexity index is 847. The van der Waals surface area contributed by atoms with Crippen LogP contribution in [0.25, 0.3) is 0 Å². The monoisotopic (exact) mass is 381 g/mol. The molecule has 0 aromatic heterocycles. The SMILES string of the molecule is CC(Cc1ccccc1C(N)=O)N1CCN(c2cccc3c2OCCO3)CC1. The molecule has 2 aliphatic rings. The van der Waals surface area contributed by atoms with Crippen LogP contribution in [-0.2, 0) is 6.42 Å². The fraction of sp³-hybridized carbons (Fsp3) is 0.409. The number of carbonyl (C=O) groups is 1. The fourth-order valence-corrected chi connectivity index (χ4v) is 4.10. The maximum Gasteiger partial charge on any atom is 0.248 e. The van der Waals surface area contributed by atoms with E-state index in [0.29, 0.717) is 24.8 Å². The Kier molecular flexibility index (Phi) is 5.39. The second kappa shape index (κ2) is 8.10. The number of primary amides is 1. The summed E-state index contributed by atoms with van der Waals surface area (Å²) in [6, 6.07) is 14.1. The minimum atomic E-state index is -0.358. The van der Waals surface area contributed by atoms with Crippen molar-refractivity contribution in [3.63, 3.8) is 0 Å². The van der Waals surface area contributed by atoms with Crippen molar-refractivity contribution in [2.75, 3.05) is 44.3 Å². The van der Waals surface area contributed by atoms with Gasteiger partial charge in [0, 0.05) is 37.8 Å². The van der Waals surface area contributed by atoms with Gasteiger partial charge in [0.15, 0.2) is 11.5 Å². The Morgan fingerprint density at radius 1 is 1.04 bits per heavy atom. The van der Waals surface area contributed by atoms with Crippen LogP contribution < -0.4 is 20.1 Å². The van der Waals surface area contributed by atoms with Crippen LogP contribution in [0.2, 0.25) is 0 Å². The zero-order chi connectivity index (χ0) is 19.5. The van der Waals surface area contributed by atoms with E-state index >= 15 is 0 Å². The number of fused-ring (bicyclic) bond motifs is 1. The highest BCUT2D eigenvalue weighted by molar-refractivity contribution is 5.94. The second-order valence-electron chi connectivity index (χ2n) is 7.40. The molecule has 4 rings (SSSR count). The van der Waals surface area contributed by atoms with Crippen LogP contribution in [0.3, 0.4) is 0 Å². The number of hydrogen-bond donors (Lipinski definition) is 1. The number of carbonyl (C=O) groups excluding carboxylic acids is 1. The van der Waals surface area contributed by atoms with Crippen LogP contribution in [0.5, 0.6) is 11.5 Å². The van der Waals surface area contributed by atoms with Crippen LogP contribution in [-0.4, -0.2) is 56.2 Å². The van der Waals surface area contributed by atoms with Crippen LogP contribution in [0.15, 0.2) is 42.5 Å². The van der Waals surface area contributed by atoms with E-state index in [4.69, 9.17) is 15.2 Å². The first-order chi connectivity index (χ1) is 13.6. The molecule has 2 aromatic carbocycles. The number of nitrogens with two attached hydrogens (primary N) is 1. The van der Waals surface area contributed by atoms with Gasteiger partial charge in [-0.25, -0.2) is 0 Å². The summed E-state index contributed by atoms with van der Waals surface area (Å²) in [6.45, 7) is 7.21. The third-order valence-corrected chi connectivity index (χ3v) is 5.62. The normalized spacial score (nSPS) is 18.0. The molecule has 1 fully saturated rings. The first kappa shape index (κ1) is 18.6. The molecule has 1 saturated heterocycles. The lowest BCUT2D eigenvalue weighted by molar-refractivity contribution is 0.0998. The number of anilines is 1. The lowest BCUT2D eigenvalue weighted by Gasteiger charge is -2.40. The average molecular weight is 381 g/mol. The smallest absolute Gasteiger partial charge is 0.248 e. The van der Waals surface area contributed by atoms with Gasteiger partial charge in [-0.05, 0) is 37.1 Å². The summed E-state index contributed by atoms with van der Waals surface area (Å²) in [5.41, 5.74) is 8.29. The molecule has 148 valence electrons. The van der Waals surface area contributed by atoms with Gasteiger partial charge in [0.25, 0.3) is 0 Å². The highest BCUT2D eigenvalue weighted by Crippen LogP contribution is 2.39. The molecule has 0 saturated carbocycles. The molecule has 28 heavy (non-hydrogen) atoms. The van der Waals surface area contributed by atoms with Crippen LogP contribution in [0.4, 0.5) is 5.69 Å². The Hall–Kier alpha value is -2.73. The standard InChI is InChI=1S/C22H27N3O3/c1-16(15-17-5-2-3-6-18(17)22(23)26)24-9-11-25(12-10-24)19-7-4-8-20-21(19)28-14-13-27-20/h2-8,16H,9-15H2,1H3,(H2,23,26). The van der Waals surface area contributed by atoms with E-state index in [-0.39, 0.29) is 5.91 Å². The van der Waals surface area contributed by atoms with Crippen molar-refractivity contribution in [2.24, 2.45) is 5.73 Å². The summed E-state index contributed by atoms with van der Waals surface area (Å²) < 4.78 is 11.6. The molecule has 2 heterocycles. The summed E-state index contributed by atoms with van der Waals surface area (Å²) in [4.78, 5) is 16.5. The lowest BCUT2D eigenvalue weighted by atomic mass is 9.99. The van der Waals surface area contributed by atoms with Crippen molar-refractivity contribution >= 4 is 11.6 Å². The van der Waals surface area contributed by atoms with Crippen LogP contribution in [0, 0.1) is 0 Å². The first-order valence-corrected chi connectivity index (χ1v) is 9.89. The first-order valence-electron chi connectivity index (χ1n) is 9.89. The average Bonchev–Trinajstić information content (AvgIpc) is 2.73. The molecule has 2 aromatic rings. The second-order valence-corrected chi connectivity index (χ2v) is 7.40. The van der Waals surface area contributed by atoms with Crippen molar-refractivity contribution in [2.45, 2.75) is 19.4 Å². The molecule has 0 bridgehead atoms. The molecular formula is C22H27N3O3. The lowest BCUT2D eigenvalue weighted by Crippen LogP contribution is -2.50. The maximum atomic E-state index is 11.7. The third kappa shape index (κ3) is 3.78. The van der Waals surface area contributed by atoms with Gasteiger partial charge < -0.3 is 20.1 Å². The number of hydrogen-bond acceptors (Lipinski definition) is 5. The van der Waals surface area contributed by atoms with E-state index in [1.165, 1.54) is 0 Å². The molecule has 2 aliphatic heterocycles. The largest absolute Gasteiger partial charge is 0.486 e. The molecule has 6 nitrogen and oxygen atoms in total. The Morgan fingerprint density at radius 3 is 2.57 bits per heavy atom. The summed E-state index contributed by atoms with van der Waals surface area (Å²) in [5.74, 6) is 1.34. The van der Waals surface area contributed by atoms with Crippen LogP contribution >= 0.6 is 0 Å². The minimum absolute atomic E-state index is 0.340. The van der Waals surface area contributed by atoms with Gasteiger partial charge in [0.05, 0.1) is 5.69 Å². The zero-order valence-electron chi connectivity index (χ0n) is 16.3. The Balaban J connectivity index is 1.40. The predicted octanol–water partition coefficient (Wildman–Crippen LogP) is 2.31. The van der Waals surface area contributed by atoms with Gasteiger partial charge in [-0.15, -0.1) is 0 Å². The molecule has 0 radical (unpaired) electrons. The summed E-state index contributed by atoms with van der Waals surface area (Å²) >= 11 is 0. The third-order valence-electron chi connectivity index (χ3n) is 5.62. The number of para-hydroxylation sites is 1. The molecule has 1 atom stereocenters.